The van der Waals surface area contributed by atoms with Gasteiger partial charge in [-0.2, -0.15) is 0 Å². The minimum atomic E-state index is -0.124. The molecule has 1 unspecified atom stereocenters. The van der Waals surface area contributed by atoms with E-state index in [-0.39, 0.29) is 18.6 Å². The molecule has 1 amide bonds. The van der Waals surface area contributed by atoms with Crippen LogP contribution in [0.2, 0.25) is 0 Å². The van der Waals surface area contributed by atoms with Crippen LogP contribution in [0.25, 0.3) is 0 Å². The van der Waals surface area contributed by atoms with E-state index in [1.54, 1.807) is 12.5 Å². The minimum Gasteiger partial charge on any atom is -0.484 e. The largest absolute Gasteiger partial charge is 0.484 e. The van der Waals surface area contributed by atoms with Crippen LogP contribution in [0.15, 0.2) is 42.9 Å². The van der Waals surface area contributed by atoms with E-state index < -0.39 is 0 Å². The number of aromatic nitrogens is 2. The third-order valence-electron chi connectivity index (χ3n) is 3.56. The van der Waals surface area contributed by atoms with Gasteiger partial charge in [0.05, 0.1) is 6.04 Å². The second kappa shape index (κ2) is 6.35. The van der Waals surface area contributed by atoms with E-state index >= 15 is 0 Å². The first-order chi connectivity index (χ1) is 10.3. The average molecular weight is 283 g/mol. The van der Waals surface area contributed by atoms with Gasteiger partial charge in [-0.3, -0.25) is 4.79 Å². The van der Waals surface area contributed by atoms with Gasteiger partial charge in [-0.15, -0.1) is 0 Å². The summed E-state index contributed by atoms with van der Waals surface area (Å²) >= 11 is 0. The van der Waals surface area contributed by atoms with Crippen LogP contribution in [-0.4, -0.2) is 22.5 Å². The fourth-order valence-corrected chi connectivity index (χ4v) is 2.55. The number of rotatable bonds is 4. The molecule has 0 radical (unpaired) electrons. The van der Waals surface area contributed by atoms with E-state index in [4.69, 9.17) is 4.74 Å². The summed E-state index contributed by atoms with van der Waals surface area (Å²) in [6, 6.07) is 9.31. The third kappa shape index (κ3) is 3.37. The number of carbonyl (C=O) groups excluding carboxylic acids is 1. The lowest BCUT2D eigenvalue weighted by Crippen LogP contribution is -2.34. The number of benzene rings is 1. The van der Waals surface area contributed by atoms with Crippen LogP contribution in [0, 0.1) is 0 Å². The fourth-order valence-electron chi connectivity index (χ4n) is 2.55. The van der Waals surface area contributed by atoms with Crippen molar-refractivity contribution in [2.24, 2.45) is 0 Å². The normalized spacial score (nSPS) is 16.9. The van der Waals surface area contributed by atoms with Crippen molar-refractivity contribution in [3.8, 4) is 5.75 Å². The van der Waals surface area contributed by atoms with Crippen LogP contribution < -0.4 is 10.1 Å². The number of carbonyl (C=O) groups is 1. The van der Waals surface area contributed by atoms with Gasteiger partial charge in [-0.05, 0) is 31.4 Å². The molecule has 1 N–H and O–H groups in total. The highest BCUT2D eigenvalue weighted by Crippen LogP contribution is 2.27. The molecule has 5 nitrogen and oxygen atoms in total. The molecule has 0 bridgehead atoms. The molecular formula is C16H17N3O2. The van der Waals surface area contributed by atoms with Gasteiger partial charge in [-0.1, -0.05) is 18.2 Å². The van der Waals surface area contributed by atoms with Gasteiger partial charge in [0.25, 0.3) is 5.91 Å². The molecule has 5 heteroatoms. The predicted molar refractivity (Wildman–Crippen MR) is 77.8 cm³/mol. The van der Waals surface area contributed by atoms with E-state index in [9.17, 15) is 4.79 Å². The van der Waals surface area contributed by atoms with E-state index in [1.807, 2.05) is 30.3 Å². The lowest BCUT2D eigenvalue weighted by atomic mass is 9.92. The van der Waals surface area contributed by atoms with Crippen LogP contribution in [0.4, 0.5) is 0 Å². The van der Waals surface area contributed by atoms with E-state index in [0.29, 0.717) is 5.75 Å². The van der Waals surface area contributed by atoms with Gasteiger partial charge < -0.3 is 10.1 Å². The second-order valence-corrected chi connectivity index (χ2v) is 5.04. The van der Waals surface area contributed by atoms with Crippen LogP contribution in [0.3, 0.4) is 0 Å². The maximum atomic E-state index is 12.0. The van der Waals surface area contributed by atoms with Crippen molar-refractivity contribution in [2.45, 2.75) is 25.3 Å². The Morgan fingerprint density at radius 2 is 2.19 bits per heavy atom. The Morgan fingerprint density at radius 1 is 1.33 bits per heavy atom. The molecule has 0 saturated carbocycles. The summed E-state index contributed by atoms with van der Waals surface area (Å²) < 4.78 is 5.45. The Morgan fingerprint density at radius 3 is 3.05 bits per heavy atom. The average Bonchev–Trinajstić information content (AvgIpc) is 2.54. The lowest BCUT2D eigenvalue weighted by Gasteiger charge is -2.24. The zero-order chi connectivity index (χ0) is 14.5. The van der Waals surface area contributed by atoms with Gasteiger partial charge in [0.15, 0.2) is 6.61 Å². The molecule has 0 fully saturated rings. The summed E-state index contributed by atoms with van der Waals surface area (Å²) in [6.45, 7) is 0.0174. The number of fused-ring (bicyclic) bond motifs is 1. The van der Waals surface area contributed by atoms with Gasteiger partial charge in [-0.25, -0.2) is 9.97 Å². The molecular weight excluding hydrogens is 266 g/mol. The highest BCUT2D eigenvalue weighted by atomic mass is 16.5. The zero-order valence-corrected chi connectivity index (χ0v) is 11.7. The van der Waals surface area contributed by atoms with Gasteiger partial charge >= 0.3 is 0 Å². The highest BCUT2D eigenvalue weighted by Gasteiger charge is 2.22. The van der Waals surface area contributed by atoms with Crippen LogP contribution in [-0.2, 0) is 11.2 Å². The number of ether oxygens (including phenoxy) is 1. The number of hydrogen-bond acceptors (Lipinski definition) is 4. The number of para-hydroxylation sites is 1. The van der Waals surface area contributed by atoms with Gasteiger partial charge in [0.1, 0.15) is 12.1 Å². The Bertz CT molecular complexity index is 616. The number of nitrogens with zero attached hydrogens (tertiary/aromatic N) is 2. The molecule has 1 aliphatic carbocycles. The van der Waals surface area contributed by atoms with Gasteiger partial charge in [0, 0.05) is 17.5 Å². The summed E-state index contributed by atoms with van der Waals surface area (Å²) in [5, 5.41) is 3.00. The molecule has 1 atom stereocenters. The van der Waals surface area contributed by atoms with Crippen molar-refractivity contribution in [3.05, 3.63) is 54.1 Å². The Balaban J connectivity index is 1.58. The third-order valence-corrected chi connectivity index (χ3v) is 3.56. The maximum Gasteiger partial charge on any atom is 0.258 e. The molecule has 3 rings (SSSR count). The molecule has 108 valence electrons. The molecule has 1 aromatic carbocycles. The Labute approximate surface area is 123 Å². The number of nitrogens with one attached hydrogen (secondary N) is 1. The lowest BCUT2D eigenvalue weighted by molar-refractivity contribution is -0.124. The van der Waals surface area contributed by atoms with Crippen molar-refractivity contribution in [2.75, 3.05) is 6.61 Å². The van der Waals surface area contributed by atoms with Crippen molar-refractivity contribution in [3.63, 3.8) is 0 Å². The predicted octanol–water partition coefficient (Wildman–Crippen LogP) is 2.05. The van der Waals surface area contributed by atoms with Crippen LogP contribution >= 0.6 is 0 Å². The topological polar surface area (TPSA) is 64.1 Å². The van der Waals surface area contributed by atoms with Crippen LogP contribution in [0.5, 0.6) is 5.75 Å². The first-order valence-electron chi connectivity index (χ1n) is 7.09. The van der Waals surface area contributed by atoms with Gasteiger partial charge in [0.2, 0.25) is 0 Å². The Kier molecular flexibility index (Phi) is 4.09. The van der Waals surface area contributed by atoms with Crippen molar-refractivity contribution < 1.29 is 9.53 Å². The summed E-state index contributed by atoms with van der Waals surface area (Å²) in [5.74, 6) is 0.570. The molecule has 0 spiro atoms. The molecule has 21 heavy (non-hydrogen) atoms. The van der Waals surface area contributed by atoms with E-state index in [2.05, 4.69) is 15.3 Å². The monoisotopic (exact) mass is 283 g/mol. The van der Waals surface area contributed by atoms with Crippen LogP contribution in [0.1, 0.15) is 30.1 Å². The van der Waals surface area contributed by atoms with Crippen molar-refractivity contribution in [1.29, 1.82) is 0 Å². The number of amides is 1. The number of hydrogen-bond donors (Lipinski definition) is 1. The molecule has 2 aromatic rings. The summed E-state index contributed by atoms with van der Waals surface area (Å²) in [7, 11) is 0. The van der Waals surface area contributed by atoms with Crippen molar-refractivity contribution >= 4 is 5.91 Å². The number of aryl methyl sites for hydroxylation is 1. The molecule has 1 aliphatic rings. The maximum absolute atomic E-state index is 12.0. The summed E-state index contributed by atoms with van der Waals surface area (Å²) in [5.41, 5.74) is 2.06. The van der Waals surface area contributed by atoms with E-state index in [0.717, 1.165) is 30.5 Å². The van der Waals surface area contributed by atoms with Crippen molar-refractivity contribution in [1.82, 2.24) is 15.3 Å². The zero-order valence-electron chi connectivity index (χ0n) is 11.7. The molecule has 1 heterocycles. The SMILES string of the molecule is O=C(COc1ccccc1)NC1CCCc2ncncc21. The summed E-state index contributed by atoms with van der Waals surface area (Å²) in [6.07, 6.45) is 6.24. The first-order valence-corrected chi connectivity index (χ1v) is 7.09. The Hall–Kier alpha value is -2.43. The second-order valence-electron chi connectivity index (χ2n) is 5.04. The minimum absolute atomic E-state index is 0.0122. The standard InChI is InChI=1S/C16H17N3O2/c20-16(10-21-12-5-2-1-3-6-12)19-15-8-4-7-14-13(15)9-17-11-18-14/h1-3,5-6,9,11,15H,4,7-8,10H2,(H,19,20). The molecule has 0 aliphatic heterocycles. The fraction of sp³-hybridized carbons (Fsp3) is 0.312. The molecule has 1 aromatic heterocycles. The molecule has 0 saturated heterocycles. The summed E-state index contributed by atoms with van der Waals surface area (Å²) in [4.78, 5) is 20.3. The highest BCUT2D eigenvalue weighted by molar-refractivity contribution is 5.78. The smallest absolute Gasteiger partial charge is 0.258 e. The quantitative estimate of drug-likeness (QED) is 0.932. The van der Waals surface area contributed by atoms with E-state index in [1.165, 1.54) is 0 Å². The first kappa shape index (κ1) is 13.5.